The van der Waals surface area contributed by atoms with Crippen LogP contribution in [0.3, 0.4) is 0 Å². The zero-order valence-corrected chi connectivity index (χ0v) is 10.0. The smallest absolute Gasteiger partial charge is 0.261 e. The summed E-state index contributed by atoms with van der Waals surface area (Å²) in [6.45, 7) is 2.22. The Morgan fingerprint density at radius 1 is 1.41 bits per heavy atom. The molecule has 0 saturated heterocycles. The third-order valence-corrected chi connectivity index (χ3v) is 2.03. The molecule has 0 atom stereocenters. The van der Waals surface area contributed by atoms with Crippen molar-refractivity contribution < 1.29 is 13.5 Å². The maximum atomic E-state index is 11.8. The van der Waals surface area contributed by atoms with Gasteiger partial charge in [0, 0.05) is 18.7 Å². The first-order valence-electron chi connectivity index (χ1n) is 5.45. The molecule has 17 heavy (non-hydrogen) atoms. The van der Waals surface area contributed by atoms with Gasteiger partial charge in [-0.1, -0.05) is 0 Å². The maximum absolute atomic E-state index is 11.8. The summed E-state index contributed by atoms with van der Waals surface area (Å²) in [5.74, 6) is 0.629. The second-order valence-electron chi connectivity index (χ2n) is 3.66. The molecule has 0 aliphatic carbocycles. The molecule has 0 bridgehead atoms. The molecule has 0 aliphatic heterocycles. The molecule has 0 unspecified atom stereocenters. The van der Waals surface area contributed by atoms with Crippen LogP contribution in [0.1, 0.15) is 17.2 Å². The molecule has 96 valence electrons. The molecule has 1 aromatic rings. The highest BCUT2D eigenvalue weighted by Gasteiger charge is 2.04. The van der Waals surface area contributed by atoms with Gasteiger partial charge in [0.2, 0.25) is 0 Å². The number of hydrogen-bond acceptors (Lipinski definition) is 4. The van der Waals surface area contributed by atoms with Crippen LogP contribution in [0.15, 0.2) is 6.07 Å². The molecule has 0 aromatic carbocycles. The van der Waals surface area contributed by atoms with Crippen molar-refractivity contribution in [1.29, 1.82) is 0 Å². The van der Waals surface area contributed by atoms with E-state index in [2.05, 4.69) is 15.3 Å². The summed E-state index contributed by atoms with van der Waals surface area (Å²) in [6.07, 6.45) is -1.97. The van der Waals surface area contributed by atoms with Crippen molar-refractivity contribution in [3.8, 4) is 0 Å². The number of nitrogens with one attached hydrogen (secondary N) is 1. The predicted octanol–water partition coefficient (Wildman–Crippen LogP) is 1.33. The second kappa shape index (κ2) is 7.24. The monoisotopic (exact) mass is 245 g/mol. The Morgan fingerprint density at radius 2 is 2.18 bits per heavy atom. The molecule has 0 amide bonds. The van der Waals surface area contributed by atoms with Crippen molar-refractivity contribution >= 4 is 0 Å². The topological polar surface area (TPSA) is 47.0 Å². The van der Waals surface area contributed by atoms with Crippen LogP contribution < -0.4 is 5.32 Å². The van der Waals surface area contributed by atoms with Crippen LogP contribution >= 0.6 is 0 Å². The van der Waals surface area contributed by atoms with Crippen LogP contribution in [0.25, 0.3) is 0 Å². The molecular formula is C11H17F2N3O. The molecule has 0 spiro atoms. The van der Waals surface area contributed by atoms with Gasteiger partial charge in [-0.25, -0.2) is 18.7 Å². The van der Waals surface area contributed by atoms with Crippen molar-refractivity contribution in [2.75, 3.05) is 20.3 Å². The van der Waals surface area contributed by atoms with Gasteiger partial charge in [0.15, 0.2) is 0 Å². The Bertz CT molecular complexity index is 347. The minimum absolute atomic E-state index is 0.215. The van der Waals surface area contributed by atoms with Gasteiger partial charge in [-0.2, -0.15) is 0 Å². The third-order valence-electron chi connectivity index (χ3n) is 2.03. The number of ether oxygens (including phenoxy) is 1. The zero-order valence-electron chi connectivity index (χ0n) is 10.0. The molecule has 1 heterocycles. The molecule has 6 heteroatoms. The summed E-state index contributed by atoms with van der Waals surface area (Å²) < 4.78 is 28.4. The fourth-order valence-electron chi connectivity index (χ4n) is 1.42. The average molecular weight is 245 g/mol. The van der Waals surface area contributed by atoms with Crippen LogP contribution in [-0.2, 0) is 17.7 Å². The molecule has 1 N–H and O–H groups in total. The lowest BCUT2D eigenvalue weighted by atomic mass is 10.3. The fourth-order valence-corrected chi connectivity index (χ4v) is 1.42. The minimum atomic E-state index is -2.42. The Morgan fingerprint density at radius 3 is 2.82 bits per heavy atom. The number of aromatic nitrogens is 2. The fraction of sp³-hybridized carbons (Fsp3) is 0.636. The van der Waals surface area contributed by atoms with Crippen LogP contribution in [0, 0.1) is 6.92 Å². The Hall–Kier alpha value is -1.14. The Balaban J connectivity index is 2.46. The number of rotatable bonds is 7. The predicted molar refractivity (Wildman–Crippen MR) is 60.1 cm³/mol. The SMILES string of the molecule is CNCc1cc(C)nc(CCOCC(F)F)n1. The van der Waals surface area contributed by atoms with Crippen molar-refractivity contribution in [3.63, 3.8) is 0 Å². The van der Waals surface area contributed by atoms with Gasteiger partial charge in [-0.3, -0.25) is 0 Å². The molecule has 1 aromatic heterocycles. The van der Waals surface area contributed by atoms with Gasteiger partial charge in [0.1, 0.15) is 12.4 Å². The summed E-state index contributed by atoms with van der Waals surface area (Å²) >= 11 is 0. The molecule has 0 radical (unpaired) electrons. The standard InChI is InChI=1S/C11H17F2N3O/c1-8-5-9(6-14-2)16-11(15-8)3-4-17-7-10(12)13/h5,10,14H,3-4,6-7H2,1-2H3. The van der Waals surface area contributed by atoms with Crippen LogP contribution in [-0.4, -0.2) is 36.7 Å². The largest absolute Gasteiger partial charge is 0.375 e. The van der Waals surface area contributed by atoms with Crippen LogP contribution in [0.4, 0.5) is 8.78 Å². The first-order valence-corrected chi connectivity index (χ1v) is 5.45. The molecule has 4 nitrogen and oxygen atoms in total. The highest BCUT2D eigenvalue weighted by molar-refractivity contribution is 5.10. The van der Waals surface area contributed by atoms with Crippen molar-refractivity contribution in [2.45, 2.75) is 26.3 Å². The second-order valence-corrected chi connectivity index (χ2v) is 3.66. The number of alkyl halides is 2. The van der Waals surface area contributed by atoms with E-state index >= 15 is 0 Å². The van der Waals surface area contributed by atoms with Gasteiger partial charge < -0.3 is 10.1 Å². The number of hydrogen-bond donors (Lipinski definition) is 1. The summed E-state index contributed by atoms with van der Waals surface area (Å²) in [6, 6.07) is 1.89. The minimum Gasteiger partial charge on any atom is -0.375 e. The highest BCUT2D eigenvalue weighted by atomic mass is 19.3. The van der Waals surface area contributed by atoms with Crippen molar-refractivity contribution in [2.24, 2.45) is 0 Å². The van der Waals surface area contributed by atoms with Gasteiger partial charge in [-0.15, -0.1) is 0 Å². The van der Waals surface area contributed by atoms with E-state index in [-0.39, 0.29) is 6.61 Å². The number of aryl methyl sites for hydroxylation is 1. The van der Waals surface area contributed by atoms with Gasteiger partial charge in [-0.05, 0) is 20.0 Å². The normalized spacial score (nSPS) is 11.1. The van der Waals surface area contributed by atoms with E-state index in [0.717, 1.165) is 11.4 Å². The summed E-state index contributed by atoms with van der Waals surface area (Å²) in [5.41, 5.74) is 1.76. The summed E-state index contributed by atoms with van der Waals surface area (Å²) in [4.78, 5) is 8.53. The molecule has 1 rings (SSSR count). The zero-order chi connectivity index (χ0) is 12.7. The summed E-state index contributed by atoms with van der Waals surface area (Å²) in [7, 11) is 1.84. The van der Waals surface area contributed by atoms with Crippen molar-refractivity contribution in [3.05, 3.63) is 23.3 Å². The number of halogens is 2. The van der Waals surface area contributed by atoms with E-state index in [1.807, 2.05) is 20.0 Å². The third kappa shape index (κ3) is 5.65. The van der Waals surface area contributed by atoms with Gasteiger partial charge in [0.25, 0.3) is 6.43 Å². The highest BCUT2D eigenvalue weighted by Crippen LogP contribution is 2.02. The van der Waals surface area contributed by atoms with Crippen molar-refractivity contribution in [1.82, 2.24) is 15.3 Å². The van der Waals surface area contributed by atoms with E-state index in [4.69, 9.17) is 4.74 Å². The lowest BCUT2D eigenvalue weighted by molar-refractivity contribution is 0.0182. The van der Waals surface area contributed by atoms with E-state index in [9.17, 15) is 8.78 Å². The quantitative estimate of drug-likeness (QED) is 0.736. The lowest BCUT2D eigenvalue weighted by Gasteiger charge is -2.06. The van der Waals surface area contributed by atoms with Gasteiger partial charge in [0.05, 0.1) is 12.3 Å². The lowest BCUT2D eigenvalue weighted by Crippen LogP contribution is -2.12. The molecule has 0 saturated carbocycles. The van der Waals surface area contributed by atoms with Crippen LogP contribution in [0.5, 0.6) is 0 Å². The van der Waals surface area contributed by atoms with E-state index in [1.165, 1.54) is 0 Å². The Labute approximate surface area is 99.4 Å². The Kier molecular flexibility index (Phi) is 5.93. The first kappa shape index (κ1) is 13.9. The summed E-state index contributed by atoms with van der Waals surface area (Å²) in [5, 5.41) is 3.00. The van der Waals surface area contributed by atoms with E-state index in [1.54, 1.807) is 0 Å². The van der Waals surface area contributed by atoms with Crippen LogP contribution in [0.2, 0.25) is 0 Å². The van der Waals surface area contributed by atoms with Gasteiger partial charge >= 0.3 is 0 Å². The molecule has 0 fully saturated rings. The molecular weight excluding hydrogens is 228 g/mol. The number of nitrogens with zero attached hydrogens (tertiary/aromatic N) is 2. The van der Waals surface area contributed by atoms with E-state index < -0.39 is 13.0 Å². The average Bonchev–Trinajstić information content (AvgIpc) is 2.24. The maximum Gasteiger partial charge on any atom is 0.261 e. The molecule has 0 aliphatic rings. The van der Waals surface area contributed by atoms with E-state index in [0.29, 0.717) is 18.8 Å². The first-order chi connectivity index (χ1) is 8.11.